The van der Waals surface area contributed by atoms with Gasteiger partial charge in [-0.15, -0.1) is 0 Å². The average molecular weight is 1390 g/mol. The highest BCUT2D eigenvalue weighted by atomic mass is 16.2. The Bertz CT molecular complexity index is 2530. The smallest absolute Gasteiger partial charge is 0.245 e. The highest BCUT2D eigenvalue weighted by Crippen LogP contribution is 2.27. The number of carbonyl (C=O) groups excluding carboxylic acids is 12. The van der Waals surface area contributed by atoms with Gasteiger partial charge in [-0.1, -0.05) is 153 Å². The quantitative estimate of drug-likeness (QED) is 0.0172. The number of hydrogen-bond donors (Lipinski definition) is 13. The molecule has 9 amide bonds. The molecule has 1 aliphatic rings. The molecule has 1 aliphatic heterocycles. The number of aliphatic imine (C=N–C) groups is 1. The molecule has 27 nitrogen and oxygen atoms in total. The number of ketones is 3. The minimum atomic E-state index is -1.25. The van der Waals surface area contributed by atoms with Crippen LogP contribution in [0.2, 0.25) is 0 Å². The maximum Gasteiger partial charge on any atom is 0.245 e. The van der Waals surface area contributed by atoms with Crippen LogP contribution in [-0.2, 0) is 57.5 Å². The van der Waals surface area contributed by atoms with Gasteiger partial charge in [0.2, 0.25) is 53.2 Å². The normalized spacial score (nSPS) is 16.5. The summed E-state index contributed by atoms with van der Waals surface area (Å²) >= 11 is 0. The standard InChI is InChI=1S/C71H131N15O12/c1-14-16-17-18-19-20-21-22-23-24-25-26-27-34-60(91)82-54(38-43(3)4)66(95)81-50(13)63(92)85-62(47(10)15-2)68(97)84-61(45(7)8)67(96)83-53(32-29-36-78-71(75)76)69(98)86-37-30-33-55(86)58(89)42-52(44(5)6)65(94)80-49(12)57(88)40-51(41-59(72)90)64(93)79-48(11)56(87)39-46(9)31-28-35-77-70(73)74/h43-55,61-62,70,77H,14-42,73-74H2,1-13H3,(H2,72,90)(H,79,93)(H,80,94)(H,81,95)(H,82,91)(H,83,96)(H,84,97)(H,85,92)(H4,75,76,78)/t46-,47+,48+,49+,50+,51+,52+,53+,54+,55+,61+,62+/m1/s1. The molecule has 562 valence electrons. The van der Waals surface area contributed by atoms with Crippen LogP contribution >= 0.6 is 0 Å². The molecule has 1 fully saturated rings. The third kappa shape index (κ3) is 36.5. The van der Waals surface area contributed by atoms with Gasteiger partial charge in [0.05, 0.1) is 24.0 Å². The van der Waals surface area contributed by atoms with Gasteiger partial charge in [-0.3, -0.25) is 67.8 Å². The van der Waals surface area contributed by atoms with Crippen molar-refractivity contribution in [1.29, 1.82) is 0 Å². The van der Waals surface area contributed by atoms with E-state index in [1.807, 2.05) is 27.7 Å². The number of nitrogens with zero attached hydrogens (tertiary/aromatic N) is 2. The third-order valence-electron chi connectivity index (χ3n) is 18.4. The number of rotatable bonds is 54. The Kier molecular flexibility index (Phi) is 44.7. The number of nitrogens with one attached hydrogen (secondary N) is 8. The van der Waals surface area contributed by atoms with E-state index in [4.69, 9.17) is 28.7 Å². The van der Waals surface area contributed by atoms with Crippen molar-refractivity contribution in [1.82, 2.24) is 47.4 Å². The van der Waals surface area contributed by atoms with Gasteiger partial charge in [0.25, 0.3) is 0 Å². The second kappa shape index (κ2) is 49.0. The third-order valence-corrected chi connectivity index (χ3v) is 18.4. The lowest BCUT2D eigenvalue weighted by molar-refractivity contribution is -0.142. The van der Waals surface area contributed by atoms with E-state index in [0.29, 0.717) is 38.6 Å². The number of Topliss-reactive ketones (excluding diaryl/α,β-unsaturated/α-hetero) is 3. The summed E-state index contributed by atoms with van der Waals surface area (Å²) in [7, 11) is 0. The van der Waals surface area contributed by atoms with Crippen LogP contribution < -0.4 is 71.2 Å². The van der Waals surface area contributed by atoms with Gasteiger partial charge in [-0.25, -0.2) is 0 Å². The first-order chi connectivity index (χ1) is 46.1. The van der Waals surface area contributed by atoms with E-state index in [9.17, 15) is 57.5 Å². The molecule has 0 radical (unpaired) electrons. The molecule has 0 aromatic carbocycles. The minimum Gasteiger partial charge on any atom is -0.370 e. The van der Waals surface area contributed by atoms with Crippen molar-refractivity contribution in [2.45, 2.75) is 312 Å². The molecule has 0 aromatic rings. The van der Waals surface area contributed by atoms with Gasteiger partial charge in [0.15, 0.2) is 23.3 Å². The molecule has 0 spiro atoms. The summed E-state index contributed by atoms with van der Waals surface area (Å²) in [4.78, 5) is 171. The predicted octanol–water partition coefficient (Wildman–Crippen LogP) is 4.56. The Morgan fingerprint density at radius 1 is 0.510 bits per heavy atom. The van der Waals surface area contributed by atoms with Gasteiger partial charge < -0.3 is 70.8 Å². The highest BCUT2D eigenvalue weighted by molar-refractivity contribution is 5.99. The van der Waals surface area contributed by atoms with Gasteiger partial charge >= 0.3 is 0 Å². The van der Waals surface area contributed by atoms with Crippen molar-refractivity contribution in [2.24, 2.45) is 75.1 Å². The van der Waals surface area contributed by atoms with E-state index >= 15 is 0 Å². The molecule has 27 heteroatoms. The van der Waals surface area contributed by atoms with Crippen LogP contribution in [-0.4, -0.2) is 156 Å². The number of amides is 9. The lowest BCUT2D eigenvalue weighted by atomic mass is 9.87. The maximum atomic E-state index is 14.8. The lowest BCUT2D eigenvalue weighted by Crippen LogP contribution is -2.61. The topological polar surface area (TPSA) is 447 Å². The molecule has 0 aromatic heterocycles. The fraction of sp³-hybridized carbons (Fsp3) is 0.817. The Balaban J connectivity index is 3.19. The van der Waals surface area contributed by atoms with E-state index < -0.39 is 156 Å². The Labute approximate surface area is 585 Å². The second-order valence-corrected chi connectivity index (χ2v) is 28.7. The first kappa shape index (κ1) is 89.4. The molecule has 12 atom stereocenters. The van der Waals surface area contributed by atoms with E-state index in [-0.39, 0.29) is 81.1 Å². The summed E-state index contributed by atoms with van der Waals surface area (Å²) in [6.07, 6.45) is 16.8. The first-order valence-electron chi connectivity index (χ1n) is 36.7. The Morgan fingerprint density at radius 3 is 1.58 bits per heavy atom. The van der Waals surface area contributed by atoms with Crippen LogP contribution in [0.25, 0.3) is 0 Å². The zero-order chi connectivity index (χ0) is 74.2. The summed E-state index contributed by atoms with van der Waals surface area (Å²) in [5, 5.41) is 22.2. The molecule has 98 heavy (non-hydrogen) atoms. The van der Waals surface area contributed by atoms with E-state index in [2.05, 4.69) is 54.5 Å². The summed E-state index contributed by atoms with van der Waals surface area (Å²) < 4.78 is 0. The Hall–Kier alpha value is -6.61. The monoisotopic (exact) mass is 1390 g/mol. The van der Waals surface area contributed by atoms with Crippen LogP contribution in [0, 0.1) is 41.4 Å². The van der Waals surface area contributed by atoms with Crippen molar-refractivity contribution in [2.75, 3.05) is 19.6 Å². The van der Waals surface area contributed by atoms with Crippen LogP contribution in [0.5, 0.6) is 0 Å². The second-order valence-electron chi connectivity index (χ2n) is 28.7. The Morgan fingerprint density at radius 2 is 1.05 bits per heavy atom. The number of likely N-dealkylation sites (tertiary alicyclic amines) is 1. The number of hydrogen-bond acceptors (Lipinski definition) is 16. The SMILES string of the molecule is CCCCCCCCCCCCCCCC(=O)N[C@@H](CC(C)C)C(=O)N[C@@H](C)C(=O)N[C@H](C(=O)N[C@H](C(=O)N[C@@H](CCCN=C(N)N)C(=O)N1CCC[C@H]1C(=O)C[C@H](C(=O)N[C@@H](C)C(=O)C[C@@H](CC(N)=O)C(=O)N[C@@H](C)C(=O)C[C@H](C)CCCNC(N)N)C(C)C)C(C)C)[C@@H](C)CC. The highest BCUT2D eigenvalue weighted by Gasteiger charge is 2.41. The number of unbranched alkanes of at least 4 members (excludes halogenated alkanes) is 12. The van der Waals surface area contributed by atoms with Crippen LogP contribution in [0.3, 0.4) is 0 Å². The van der Waals surface area contributed by atoms with Gasteiger partial charge in [0.1, 0.15) is 36.5 Å². The predicted molar refractivity (Wildman–Crippen MR) is 382 cm³/mol. The maximum absolute atomic E-state index is 14.8. The molecule has 18 N–H and O–H groups in total. The first-order valence-corrected chi connectivity index (χ1v) is 36.7. The van der Waals surface area contributed by atoms with Crippen molar-refractivity contribution in [3.63, 3.8) is 0 Å². The lowest BCUT2D eigenvalue weighted by Gasteiger charge is -2.32. The molecule has 1 heterocycles. The molecule has 1 saturated heterocycles. The van der Waals surface area contributed by atoms with E-state index in [1.54, 1.807) is 34.6 Å². The molecular formula is C71H131N15O12. The van der Waals surface area contributed by atoms with E-state index in [0.717, 1.165) is 25.7 Å². The number of guanidine groups is 1. The molecule has 1 rings (SSSR count). The number of primary amides is 1. The van der Waals surface area contributed by atoms with Crippen LogP contribution in [0.15, 0.2) is 4.99 Å². The summed E-state index contributed by atoms with van der Waals surface area (Å²) in [6, 6.07) is -8.79. The van der Waals surface area contributed by atoms with Crippen molar-refractivity contribution < 1.29 is 57.5 Å². The van der Waals surface area contributed by atoms with E-state index in [1.165, 1.54) is 83.5 Å². The van der Waals surface area contributed by atoms with Crippen molar-refractivity contribution >= 4 is 76.5 Å². The largest absolute Gasteiger partial charge is 0.370 e. The fourth-order valence-electron chi connectivity index (χ4n) is 12.1. The summed E-state index contributed by atoms with van der Waals surface area (Å²) in [5.41, 5.74) is 27.7. The molecule has 0 bridgehead atoms. The zero-order valence-corrected chi connectivity index (χ0v) is 61.9. The van der Waals surface area contributed by atoms with Crippen LogP contribution in [0.1, 0.15) is 257 Å². The fourth-order valence-corrected chi connectivity index (χ4v) is 12.1. The number of nitrogens with two attached hydrogens (primary N) is 5. The zero-order valence-electron chi connectivity index (χ0n) is 61.9. The molecule has 0 unspecified atom stereocenters. The molecular weight excluding hydrogens is 1250 g/mol. The van der Waals surface area contributed by atoms with Gasteiger partial charge in [-0.2, -0.15) is 0 Å². The van der Waals surface area contributed by atoms with Gasteiger partial charge in [-0.05, 0) is 108 Å². The molecule has 0 aliphatic carbocycles. The average Bonchev–Trinajstić information content (AvgIpc) is 1.56. The summed E-state index contributed by atoms with van der Waals surface area (Å²) in [6.45, 7) is 23.7. The van der Waals surface area contributed by atoms with Crippen molar-refractivity contribution in [3.05, 3.63) is 0 Å². The summed E-state index contributed by atoms with van der Waals surface area (Å²) in [5.74, 6) is -10.8. The van der Waals surface area contributed by atoms with Crippen LogP contribution in [0.4, 0.5) is 0 Å². The van der Waals surface area contributed by atoms with Gasteiger partial charge in [0, 0.05) is 51.1 Å². The van der Waals surface area contributed by atoms with Crippen molar-refractivity contribution in [3.8, 4) is 0 Å². The molecule has 0 saturated carbocycles. The number of carbonyl (C=O) groups is 12. The minimum absolute atomic E-state index is 0.0141.